The second-order valence-electron chi connectivity index (χ2n) is 1.16. The summed E-state index contributed by atoms with van der Waals surface area (Å²) in [5.74, 6) is 0. The molecule has 0 aromatic carbocycles. The number of aliphatic imine (C=N–C) groups is 1. The van der Waals surface area contributed by atoms with Crippen molar-refractivity contribution < 1.29 is 4.74 Å². The number of halogens is 2. The first-order valence-electron chi connectivity index (χ1n) is 1.78. The molecule has 0 amide bonds. The maximum absolute atomic E-state index is 5.21. The van der Waals surface area contributed by atoms with Gasteiger partial charge in [-0.2, -0.15) is 0 Å². The van der Waals surface area contributed by atoms with Gasteiger partial charge in [-0.05, 0) is 0 Å². The molecular weight excluding hydrogens is 151 g/mol. The minimum absolute atomic E-state index is 0. The molecule has 1 rings (SSSR count). The van der Waals surface area contributed by atoms with Crippen molar-refractivity contribution >= 4 is 31.2 Å². The highest BCUT2D eigenvalue weighted by molar-refractivity contribution is 5.85. The molecule has 0 aromatic heterocycles. The van der Waals surface area contributed by atoms with Gasteiger partial charge in [-0.15, -0.1) is 24.8 Å². The topological polar surface area (TPSA) is 47.6 Å². The minimum atomic E-state index is -0.106. The smallest absolute Gasteiger partial charge is 0.171 e. The maximum atomic E-state index is 5.21. The molecule has 0 bridgehead atoms. The molecule has 2 N–H and O–H groups in total. The lowest BCUT2D eigenvalue weighted by molar-refractivity contribution is 0.330. The Kier molecular flexibility index (Phi) is 7.02. The van der Waals surface area contributed by atoms with Crippen molar-refractivity contribution in [3.63, 3.8) is 0 Å². The largest absolute Gasteiger partial charge is 0.480 e. The van der Waals surface area contributed by atoms with Crippen molar-refractivity contribution in [2.75, 3.05) is 6.61 Å². The number of ether oxygens (including phenoxy) is 1. The molecule has 5 heteroatoms. The van der Waals surface area contributed by atoms with Crippen molar-refractivity contribution in [2.45, 2.75) is 6.17 Å². The Hall–Kier alpha value is 0.01000. The predicted molar refractivity (Wildman–Crippen MR) is 36.9 cm³/mol. The first-order valence-corrected chi connectivity index (χ1v) is 1.78. The molecule has 1 heterocycles. The highest BCUT2D eigenvalue weighted by atomic mass is 35.5. The first-order chi connectivity index (χ1) is 2.89. The zero-order valence-electron chi connectivity index (χ0n) is 4.11. The average molecular weight is 159 g/mol. The highest BCUT2D eigenvalue weighted by Crippen LogP contribution is 1.87. The second-order valence-corrected chi connectivity index (χ2v) is 1.16. The molecular formula is C3H8Cl2N2O. The third-order valence-corrected chi connectivity index (χ3v) is 0.594. The van der Waals surface area contributed by atoms with Gasteiger partial charge >= 0.3 is 0 Å². The van der Waals surface area contributed by atoms with Crippen LogP contribution in [-0.2, 0) is 4.74 Å². The van der Waals surface area contributed by atoms with Crippen LogP contribution in [0.15, 0.2) is 4.99 Å². The van der Waals surface area contributed by atoms with Crippen molar-refractivity contribution in [3.8, 4) is 0 Å². The molecule has 3 nitrogen and oxygen atoms in total. The van der Waals surface area contributed by atoms with Crippen LogP contribution in [-0.4, -0.2) is 19.2 Å². The van der Waals surface area contributed by atoms with E-state index in [0.29, 0.717) is 6.61 Å². The van der Waals surface area contributed by atoms with Gasteiger partial charge < -0.3 is 10.5 Å². The van der Waals surface area contributed by atoms with E-state index in [4.69, 9.17) is 5.73 Å². The average Bonchev–Trinajstić information content (AvgIpc) is 1.86. The Morgan fingerprint density at radius 3 is 2.38 bits per heavy atom. The summed E-state index contributed by atoms with van der Waals surface area (Å²) < 4.78 is 4.64. The Morgan fingerprint density at radius 1 is 1.62 bits per heavy atom. The van der Waals surface area contributed by atoms with E-state index in [-0.39, 0.29) is 31.0 Å². The standard InChI is InChI=1S/C3H6N2O.2ClH/c4-3-1-6-2-5-3;;/h2-3H,1,4H2;2*1H. The SMILES string of the molecule is Cl.Cl.NC1COC=N1. The molecule has 0 radical (unpaired) electrons. The third kappa shape index (κ3) is 3.07. The quantitative estimate of drug-likeness (QED) is 0.547. The van der Waals surface area contributed by atoms with E-state index in [2.05, 4.69) is 9.73 Å². The van der Waals surface area contributed by atoms with Crippen LogP contribution in [0.4, 0.5) is 0 Å². The molecule has 50 valence electrons. The normalized spacial score (nSPS) is 22.9. The van der Waals surface area contributed by atoms with Gasteiger partial charge in [0.1, 0.15) is 12.8 Å². The van der Waals surface area contributed by atoms with Crippen LogP contribution in [0.1, 0.15) is 0 Å². The Morgan fingerprint density at radius 2 is 2.25 bits per heavy atom. The molecule has 1 unspecified atom stereocenters. The van der Waals surface area contributed by atoms with Crippen LogP contribution in [0.2, 0.25) is 0 Å². The summed E-state index contributed by atoms with van der Waals surface area (Å²) in [5, 5.41) is 0. The zero-order valence-corrected chi connectivity index (χ0v) is 5.74. The van der Waals surface area contributed by atoms with Crippen molar-refractivity contribution in [2.24, 2.45) is 10.7 Å². The van der Waals surface area contributed by atoms with Gasteiger partial charge in [0.25, 0.3) is 0 Å². The van der Waals surface area contributed by atoms with Crippen LogP contribution in [0.25, 0.3) is 0 Å². The van der Waals surface area contributed by atoms with Gasteiger partial charge in [0.05, 0.1) is 0 Å². The number of hydrogen-bond donors (Lipinski definition) is 1. The molecule has 0 aromatic rings. The van der Waals surface area contributed by atoms with Crippen LogP contribution >= 0.6 is 24.8 Å². The maximum Gasteiger partial charge on any atom is 0.171 e. The Balaban J connectivity index is 0. The van der Waals surface area contributed by atoms with Gasteiger partial charge in [-0.25, -0.2) is 4.99 Å². The number of rotatable bonds is 0. The van der Waals surface area contributed by atoms with Gasteiger partial charge in [-0.1, -0.05) is 0 Å². The summed E-state index contributed by atoms with van der Waals surface area (Å²) in [7, 11) is 0. The lowest BCUT2D eigenvalue weighted by Gasteiger charge is -1.89. The van der Waals surface area contributed by atoms with Crippen LogP contribution < -0.4 is 5.73 Å². The minimum Gasteiger partial charge on any atom is -0.480 e. The van der Waals surface area contributed by atoms with Gasteiger partial charge in [0.2, 0.25) is 0 Å². The van der Waals surface area contributed by atoms with E-state index in [9.17, 15) is 0 Å². The number of nitrogens with zero attached hydrogens (tertiary/aromatic N) is 1. The summed E-state index contributed by atoms with van der Waals surface area (Å²) in [4.78, 5) is 3.67. The second kappa shape index (κ2) is 5.15. The summed E-state index contributed by atoms with van der Waals surface area (Å²) in [6, 6.07) is 0. The Labute approximate surface area is 60.1 Å². The molecule has 0 fully saturated rings. The number of nitrogens with two attached hydrogens (primary N) is 1. The first kappa shape index (κ1) is 10.9. The van der Waals surface area contributed by atoms with Gasteiger partial charge in [0, 0.05) is 0 Å². The lowest BCUT2D eigenvalue weighted by Crippen LogP contribution is -2.17. The molecule has 0 saturated heterocycles. The van der Waals surface area contributed by atoms with E-state index >= 15 is 0 Å². The van der Waals surface area contributed by atoms with Crippen LogP contribution in [0.5, 0.6) is 0 Å². The molecule has 0 spiro atoms. The summed E-state index contributed by atoms with van der Waals surface area (Å²) >= 11 is 0. The fourth-order valence-electron chi connectivity index (χ4n) is 0.306. The summed E-state index contributed by atoms with van der Waals surface area (Å²) in [6.07, 6.45) is 1.27. The van der Waals surface area contributed by atoms with Crippen LogP contribution in [0, 0.1) is 0 Å². The zero-order chi connectivity index (χ0) is 4.41. The molecule has 1 aliphatic heterocycles. The molecule has 0 saturated carbocycles. The summed E-state index contributed by atoms with van der Waals surface area (Å²) in [6.45, 7) is 0.542. The molecule has 8 heavy (non-hydrogen) atoms. The van der Waals surface area contributed by atoms with Crippen LogP contribution in [0.3, 0.4) is 0 Å². The number of hydrogen-bond acceptors (Lipinski definition) is 3. The highest BCUT2D eigenvalue weighted by Gasteiger charge is 2.01. The van der Waals surface area contributed by atoms with E-state index in [0.717, 1.165) is 0 Å². The predicted octanol–water partition coefficient (Wildman–Crippen LogP) is 0.173. The van der Waals surface area contributed by atoms with E-state index in [1.54, 1.807) is 0 Å². The van der Waals surface area contributed by atoms with Gasteiger partial charge in [0.15, 0.2) is 6.40 Å². The van der Waals surface area contributed by atoms with Crippen molar-refractivity contribution in [1.82, 2.24) is 0 Å². The molecule has 1 aliphatic rings. The van der Waals surface area contributed by atoms with E-state index in [1.807, 2.05) is 0 Å². The van der Waals surface area contributed by atoms with Crippen molar-refractivity contribution in [1.29, 1.82) is 0 Å². The van der Waals surface area contributed by atoms with E-state index < -0.39 is 0 Å². The monoisotopic (exact) mass is 158 g/mol. The van der Waals surface area contributed by atoms with Crippen molar-refractivity contribution in [3.05, 3.63) is 0 Å². The molecule has 0 aliphatic carbocycles. The summed E-state index contributed by atoms with van der Waals surface area (Å²) in [5.41, 5.74) is 5.21. The fourth-order valence-corrected chi connectivity index (χ4v) is 0.306. The molecule has 1 atom stereocenters. The lowest BCUT2D eigenvalue weighted by atomic mass is 10.6. The Bertz CT molecular complexity index is 77.7. The van der Waals surface area contributed by atoms with Gasteiger partial charge in [-0.3, -0.25) is 0 Å². The fraction of sp³-hybridized carbons (Fsp3) is 0.667. The van der Waals surface area contributed by atoms with E-state index in [1.165, 1.54) is 6.40 Å². The third-order valence-electron chi connectivity index (χ3n) is 0.594.